The zero-order valence-electron chi connectivity index (χ0n) is 16.6. The minimum absolute atomic E-state index is 0.100. The second-order valence-corrected chi connectivity index (χ2v) is 6.89. The van der Waals surface area contributed by atoms with Gasteiger partial charge in [-0.15, -0.1) is 0 Å². The smallest absolute Gasteiger partial charge is 0.181 e. The Kier molecular flexibility index (Phi) is 5.54. The number of aryl methyl sites for hydroxylation is 1. The zero-order chi connectivity index (χ0) is 21.8. The van der Waals surface area contributed by atoms with Gasteiger partial charge in [0.05, 0.1) is 11.5 Å². The fourth-order valence-electron chi connectivity index (χ4n) is 3.18. The first kappa shape index (κ1) is 20.0. The third-order valence-electron chi connectivity index (χ3n) is 4.80. The van der Waals surface area contributed by atoms with Gasteiger partial charge in [-0.1, -0.05) is 30.3 Å². The summed E-state index contributed by atoms with van der Waals surface area (Å²) in [5.74, 6) is -0.874. The molecule has 4 aromatic rings. The largest absolute Gasteiger partial charge is 0.546 e. The van der Waals surface area contributed by atoms with Crippen LogP contribution < -0.4 is 14.6 Å². The lowest BCUT2D eigenvalue weighted by molar-refractivity contribution is -0.314. The maximum Gasteiger partial charge on any atom is 0.181 e. The van der Waals surface area contributed by atoms with Crippen LogP contribution in [0.15, 0.2) is 71.5 Å². The lowest BCUT2D eigenvalue weighted by atomic mass is 10.0. The molecule has 0 aliphatic carbocycles. The number of nitriles is 1. The van der Waals surface area contributed by atoms with Gasteiger partial charge in [-0.3, -0.25) is 0 Å². The molecule has 0 spiro atoms. The monoisotopic (exact) mass is 413 g/mol. The van der Waals surface area contributed by atoms with Crippen LogP contribution in [0, 0.1) is 18.3 Å². The number of rotatable bonds is 7. The molecule has 1 unspecified atom stereocenters. The van der Waals surface area contributed by atoms with Crippen molar-refractivity contribution in [3.05, 3.63) is 89.3 Å². The Hall–Kier alpha value is -4.31. The van der Waals surface area contributed by atoms with Gasteiger partial charge in [0.1, 0.15) is 29.7 Å². The fourth-order valence-corrected chi connectivity index (χ4v) is 3.18. The molecule has 0 amide bonds. The Morgan fingerprint density at radius 2 is 2.03 bits per heavy atom. The summed E-state index contributed by atoms with van der Waals surface area (Å²) in [6, 6.07) is 19.1. The lowest BCUT2D eigenvalue weighted by Gasteiger charge is -2.23. The number of oxazole rings is 1. The third kappa shape index (κ3) is 4.33. The maximum absolute atomic E-state index is 11.8. The highest BCUT2D eigenvalue weighted by Gasteiger charge is 2.19. The molecule has 0 fully saturated rings. The van der Waals surface area contributed by atoms with Crippen molar-refractivity contribution in [2.75, 3.05) is 0 Å². The highest BCUT2D eigenvalue weighted by molar-refractivity contribution is 5.74. The van der Waals surface area contributed by atoms with Gasteiger partial charge >= 0.3 is 0 Å². The lowest BCUT2D eigenvalue weighted by Crippen LogP contribution is -2.33. The second-order valence-electron chi connectivity index (χ2n) is 6.89. The molecular weight excluding hydrogens is 396 g/mol. The number of carboxylic acids is 1. The predicted molar refractivity (Wildman–Crippen MR) is 109 cm³/mol. The minimum Gasteiger partial charge on any atom is -0.546 e. The first-order valence-corrected chi connectivity index (χ1v) is 9.47. The Morgan fingerprint density at radius 1 is 1.19 bits per heavy atom. The summed E-state index contributed by atoms with van der Waals surface area (Å²) in [7, 11) is 0. The average molecular weight is 413 g/mol. The van der Waals surface area contributed by atoms with Gasteiger partial charge in [-0.25, -0.2) is 4.98 Å². The van der Waals surface area contributed by atoms with Crippen molar-refractivity contribution in [1.82, 2.24) is 4.98 Å². The number of hydrogen-bond acceptors (Lipinski definition) is 7. The van der Waals surface area contributed by atoms with Crippen LogP contribution in [0.4, 0.5) is 0 Å². The number of aromatic nitrogens is 1. The minimum atomic E-state index is -1.40. The number of carbonyl (C=O) groups excluding carboxylic acids is 1. The van der Waals surface area contributed by atoms with Crippen molar-refractivity contribution in [1.29, 1.82) is 5.26 Å². The number of hydrogen-bond donors (Lipinski definition) is 0. The van der Waals surface area contributed by atoms with Crippen molar-refractivity contribution in [3.8, 4) is 17.6 Å². The third-order valence-corrected chi connectivity index (χ3v) is 4.80. The van der Waals surface area contributed by atoms with E-state index in [4.69, 9.17) is 13.9 Å². The molecule has 3 aromatic carbocycles. The van der Waals surface area contributed by atoms with Crippen LogP contribution in [0.25, 0.3) is 11.1 Å². The zero-order valence-corrected chi connectivity index (χ0v) is 16.6. The molecule has 154 valence electrons. The SMILES string of the molecule is Cc1ccccc1C(Oc1cc(OCc2ccc3ncoc3c2)ccc1C#N)C(=O)[O-]. The molecule has 1 heterocycles. The Morgan fingerprint density at radius 3 is 2.81 bits per heavy atom. The van der Waals surface area contributed by atoms with Gasteiger partial charge in [0.2, 0.25) is 0 Å². The maximum atomic E-state index is 11.8. The molecule has 0 radical (unpaired) electrons. The molecule has 0 N–H and O–H groups in total. The van der Waals surface area contributed by atoms with Crippen LogP contribution in [0.3, 0.4) is 0 Å². The molecule has 0 aliphatic rings. The average Bonchev–Trinajstić information content (AvgIpc) is 3.24. The molecule has 1 aromatic heterocycles. The summed E-state index contributed by atoms with van der Waals surface area (Å²) < 4.78 is 16.8. The second kappa shape index (κ2) is 8.59. The van der Waals surface area contributed by atoms with E-state index in [1.807, 2.05) is 24.3 Å². The Bertz CT molecular complexity index is 1290. The number of fused-ring (bicyclic) bond motifs is 1. The highest BCUT2D eigenvalue weighted by atomic mass is 16.5. The van der Waals surface area contributed by atoms with E-state index in [2.05, 4.69) is 4.98 Å². The van der Waals surface area contributed by atoms with E-state index in [1.54, 1.807) is 37.3 Å². The standard InChI is InChI=1S/C24H18N2O5/c1-15-4-2-3-5-19(15)23(24(27)28)31-21-11-18(8-7-17(21)12-25)29-13-16-6-9-20-22(10-16)30-14-26-20/h2-11,14,23H,13H2,1H3,(H,27,28)/p-1. The summed E-state index contributed by atoms with van der Waals surface area (Å²) in [5, 5.41) is 21.2. The number of carbonyl (C=O) groups is 1. The van der Waals surface area contributed by atoms with Crippen molar-refractivity contribution in [2.45, 2.75) is 19.6 Å². The van der Waals surface area contributed by atoms with Crippen LogP contribution in [-0.4, -0.2) is 11.0 Å². The van der Waals surface area contributed by atoms with E-state index in [9.17, 15) is 15.2 Å². The van der Waals surface area contributed by atoms with Gasteiger partial charge in [0.15, 0.2) is 18.1 Å². The van der Waals surface area contributed by atoms with E-state index in [1.165, 1.54) is 18.5 Å². The molecule has 31 heavy (non-hydrogen) atoms. The van der Waals surface area contributed by atoms with E-state index in [0.717, 1.165) is 16.6 Å². The van der Waals surface area contributed by atoms with Crippen molar-refractivity contribution < 1.29 is 23.8 Å². The molecule has 0 saturated carbocycles. The van der Waals surface area contributed by atoms with Crippen LogP contribution in [-0.2, 0) is 11.4 Å². The van der Waals surface area contributed by atoms with Gasteiger partial charge in [0, 0.05) is 11.6 Å². The normalized spacial score (nSPS) is 11.6. The number of nitrogens with zero attached hydrogens (tertiary/aromatic N) is 2. The summed E-state index contributed by atoms with van der Waals surface area (Å²) >= 11 is 0. The van der Waals surface area contributed by atoms with E-state index < -0.39 is 12.1 Å². The van der Waals surface area contributed by atoms with Crippen LogP contribution in [0.5, 0.6) is 11.5 Å². The summed E-state index contributed by atoms with van der Waals surface area (Å²) in [4.78, 5) is 15.8. The van der Waals surface area contributed by atoms with Crippen molar-refractivity contribution >= 4 is 17.1 Å². The van der Waals surface area contributed by atoms with Gasteiger partial charge in [-0.05, 0) is 42.3 Å². The van der Waals surface area contributed by atoms with E-state index >= 15 is 0 Å². The number of carboxylic acid groups (broad SMARTS) is 1. The first-order chi connectivity index (χ1) is 15.0. The van der Waals surface area contributed by atoms with Gasteiger partial charge in [0.25, 0.3) is 0 Å². The molecule has 0 bridgehead atoms. The van der Waals surface area contributed by atoms with Crippen LogP contribution >= 0.6 is 0 Å². The summed E-state index contributed by atoms with van der Waals surface area (Å²) in [5.41, 5.74) is 3.66. The van der Waals surface area contributed by atoms with Crippen molar-refractivity contribution in [3.63, 3.8) is 0 Å². The van der Waals surface area contributed by atoms with Crippen LogP contribution in [0.1, 0.15) is 28.4 Å². The molecule has 4 rings (SSSR count). The molecular formula is C24H17N2O5-. The van der Waals surface area contributed by atoms with Crippen LogP contribution in [0.2, 0.25) is 0 Å². The van der Waals surface area contributed by atoms with Crippen molar-refractivity contribution in [2.24, 2.45) is 0 Å². The Labute approximate surface area is 178 Å². The number of benzene rings is 3. The summed E-state index contributed by atoms with van der Waals surface area (Å²) in [6.45, 7) is 2.02. The van der Waals surface area contributed by atoms with Gasteiger partial charge < -0.3 is 23.8 Å². The molecule has 0 saturated heterocycles. The molecule has 1 atom stereocenters. The molecule has 0 aliphatic heterocycles. The molecule has 7 heteroatoms. The fraction of sp³-hybridized carbons (Fsp3) is 0.125. The van der Waals surface area contributed by atoms with Gasteiger partial charge in [-0.2, -0.15) is 5.26 Å². The van der Waals surface area contributed by atoms with E-state index in [-0.39, 0.29) is 17.9 Å². The Balaban J connectivity index is 1.57. The topological polar surface area (TPSA) is 108 Å². The first-order valence-electron chi connectivity index (χ1n) is 9.47. The molecule has 7 nitrogen and oxygen atoms in total. The van der Waals surface area contributed by atoms with E-state index in [0.29, 0.717) is 16.9 Å². The number of ether oxygens (including phenoxy) is 2. The highest BCUT2D eigenvalue weighted by Crippen LogP contribution is 2.30. The quantitative estimate of drug-likeness (QED) is 0.456. The number of aliphatic carboxylic acids is 1. The summed E-state index contributed by atoms with van der Waals surface area (Å²) in [6.07, 6.45) is 0.0132. The predicted octanol–water partition coefficient (Wildman–Crippen LogP) is 3.46.